The molecule has 2 aliphatic rings. The fourth-order valence-corrected chi connectivity index (χ4v) is 6.22. The molecular weight excluding hydrogens is 536 g/mol. The van der Waals surface area contributed by atoms with Crippen molar-refractivity contribution in [2.75, 3.05) is 38.5 Å². The van der Waals surface area contributed by atoms with Gasteiger partial charge in [0, 0.05) is 51.1 Å². The highest BCUT2D eigenvalue weighted by Crippen LogP contribution is 2.42. The molecule has 1 aromatic rings. The lowest BCUT2D eigenvalue weighted by atomic mass is 9.78. The molecule has 2 fully saturated rings. The van der Waals surface area contributed by atoms with E-state index in [0.717, 1.165) is 6.07 Å². The number of benzene rings is 1. The molecule has 0 unspecified atom stereocenters. The molecule has 1 aliphatic heterocycles. The molecule has 0 aromatic heterocycles. The van der Waals surface area contributed by atoms with Crippen LogP contribution in [0.15, 0.2) is 18.2 Å². The molecular formula is C22H30ClF6N3O3S. The number of halogens is 7. The first kappa shape index (κ1) is 30.7. The highest BCUT2D eigenvalue weighted by atomic mass is 35.5. The average Bonchev–Trinajstić information content (AvgIpc) is 2.78. The fourth-order valence-electron chi connectivity index (χ4n) is 4.73. The smallest absolute Gasteiger partial charge is 0.350 e. The van der Waals surface area contributed by atoms with E-state index in [-0.39, 0.29) is 69.8 Å². The number of piperazine rings is 1. The Bertz CT molecular complexity index is 1020. The SMILES string of the molecule is CCCS(=O)(=O)N1CCN(C2(CNC(=O)c3ccc(C(F)(F)F)cc3F)CCC(F)(F)CC2)CC1.Cl. The van der Waals surface area contributed by atoms with Crippen LogP contribution in [0.2, 0.25) is 0 Å². The van der Waals surface area contributed by atoms with Gasteiger partial charge in [0.15, 0.2) is 0 Å². The number of alkyl halides is 5. The zero-order chi connectivity index (χ0) is 26.1. The first-order valence-corrected chi connectivity index (χ1v) is 13.1. The van der Waals surface area contributed by atoms with E-state index in [1.807, 2.05) is 4.90 Å². The average molecular weight is 566 g/mol. The van der Waals surface area contributed by atoms with Gasteiger partial charge < -0.3 is 5.32 Å². The van der Waals surface area contributed by atoms with Crippen molar-refractivity contribution in [3.05, 3.63) is 35.1 Å². The van der Waals surface area contributed by atoms with Crippen molar-refractivity contribution < 1.29 is 39.6 Å². The van der Waals surface area contributed by atoms with Crippen LogP contribution in [-0.2, 0) is 16.2 Å². The van der Waals surface area contributed by atoms with Crippen LogP contribution in [-0.4, -0.2) is 73.5 Å². The number of carbonyl (C=O) groups is 1. The molecule has 1 aromatic carbocycles. The Kier molecular flexibility index (Phi) is 9.74. The van der Waals surface area contributed by atoms with E-state index in [0.29, 0.717) is 12.5 Å². The molecule has 1 heterocycles. The fraction of sp³-hybridized carbons (Fsp3) is 0.682. The van der Waals surface area contributed by atoms with E-state index in [1.54, 1.807) is 6.92 Å². The highest BCUT2D eigenvalue weighted by molar-refractivity contribution is 7.89. The lowest BCUT2D eigenvalue weighted by molar-refractivity contribution is -0.137. The Morgan fingerprint density at radius 2 is 1.64 bits per heavy atom. The number of hydrogen-bond acceptors (Lipinski definition) is 4. The predicted molar refractivity (Wildman–Crippen MR) is 124 cm³/mol. The maximum absolute atomic E-state index is 14.2. The van der Waals surface area contributed by atoms with Crippen molar-refractivity contribution in [1.82, 2.24) is 14.5 Å². The Labute approximate surface area is 212 Å². The minimum absolute atomic E-state index is 0. The predicted octanol–water partition coefficient (Wildman–Crippen LogP) is 4.30. The van der Waals surface area contributed by atoms with E-state index < -0.39 is 63.4 Å². The number of nitrogens with one attached hydrogen (secondary N) is 1. The van der Waals surface area contributed by atoms with Crippen LogP contribution in [0.3, 0.4) is 0 Å². The topological polar surface area (TPSA) is 69.7 Å². The molecule has 36 heavy (non-hydrogen) atoms. The Morgan fingerprint density at radius 1 is 1.06 bits per heavy atom. The van der Waals surface area contributed by atoms with E-state index in [1.165, 1.54) is 4.31 Å². The summed E-state index contributed by atoms with van der Waals surface area (Å²) in [4.78, 5) is 14.5. The van der Waals surface area contributed by atoms with Gasteiger partial charge in [-0.1, -0.05) is 6.92 Å². The second kappa shape index (κ2) is 11.4. The standard InChI is InChI=1S/C22H29F6N3O3S.ClH/c1-2-13-35(33,34)31-11-9-30(10-12-31)20(5-7-21(24,25)8-6-20)15-29-19(32)17-4-3-16(14-18(17)23)22(26,27)28;/h3-4,14H,2,5-13,15H2,1H3,(H,29,32);1H. The minimum atomic E-state index is -4.76. The summed E-state index contributed by atoms with van der Waals surface area (Å²) >= 11 is 0. The Hall–Kier alpha value is -1.57. The third-order valence-electron chi connectivity index (χ3n) is 6.80. The summed E-state index contributed by atoms with van der Waals surface area (Å²) < 4.78 is 107. The van der Waals surface area contributed by atoms with Crippen LogP contribution in [0.25, 0.3) is 0 Å². The summed E-state index contributed by atoms with van der Waals surface area (Å²) in [5.41, 5.74) is -2.71. The van der Waals surface area contributed by atoms with Gasteiger partial charge in [0.1, 0.15) is 5.82 Å². The molecule has 3 rings (SSSR count). The zero-order valence-corrected chi connectivity index (χ0v) is 21.3. The third kappa shape index (κ3) is 7.05. The molecule has 0 spiro atoms. The zero-order valence-electron chi connectivity index (χ0n) is 19.7. The molecule has 14 heteroatoms. The molecule has 1 saturated carbocycles. The van der Waals surface area contributed by atoms with Gasteiger partial charge >= 0.3 is 6.18 Å². The summed E-state index contributed by atoms with van der Waals surface area (Å²) in [6, 6.07) is 1.58. The highest BCUT2D eigenvalue weighted by Gasteiger charge is 2.47. The summed E-state index contributed by atoms with van der Waals surface area (Å²) in [7, 11) is -3.41. The molecule has 1 N–H and O–H groups in total. The van der Waals surface area contributed by atoms with Crippen molar-refractivity contribution >= 4 is 28.3 Å². The molecule has 1 saturated heterocycles. The Morgan fingerprint density at radius 3 is 2.14 bits per heavy atom. The van der Waals surface area contributed by atoms with Crippen molar-refractivity contribution in [3.8, 4) is 0 Å². The first-order valence-electron chi connectivity index (χ1n) is 11.4. The van der Waals surface area contributed by atoms with Crippen LogP contribution in [0.4, 0.5) is 26.3 Å². The second-order valence-corrected chi connectivity index (χ2v) is 11.2. The van der Waals surface area contributed by atoms with Gasteiger partial charge in [0.05, 0.1) is 16.9 Å². The normalized spacial score (nSPS) is 21.0. The minimum Gasteiger partial charge on any atom is -0.350 e. The lowest BCUT2D eigenvalue weighted by Gasteiger charge is -2.50. The quantitative estimate of drug-likeness (QED) is 0.501. The summed E-state index contributed by atoms with van der Waals surface area (Å²) in [6.07, 6.45) is -5.10. The van der Waals surface area contributed by atoms with Crippen molar-refractivity contribution in [3.63, 3.8) is 0 Å². The van der Waals surface area contributed by atoms with Gasteiger partial charge in [-0.25, -0.2) is 21.6 Å². The molecule has 0 atom stereocenters. The molecule has 6 nitrogen and oxygen atoms in total. The second-order valence-electron chi connectivity index (χ2n) is 9.16. The third-order valence-corrected chi connectivity index (χ3v) is 8.87. The maximum atomic E-state index is 14.2. The summed E-state index contributed by atoms with van der Waals surface area (Å²) in [6.45, 7) is 2.55. The number of hydrogen-bond donors (Lipinski definition) is 1. The number of carbonyl (C=O) groups excluding carboxylic acids is 1. The molecule has 206 valence electrons. The van der Waals surface area contributed by atoms with Crippen molar-refractivity contribution in [1.29, 1.82) is 0 Å². The lowest BCUT2D eigenvalue weighted by Crippen LogP contribution is -2.63. The number of sulfonamides is 1. The van der Waals surface area contributed by atoms with Crippen LogP contribution < -0.4 is 5.32 Å². The van der Waals surface area contributed by atoms with Gasteiger partial charge in [-0.3, -0.25) is 9.69 Å². The largest absolute Gasteiger partial charge is 0.416 e. The van der Waals surface area contributed by atoms with E-state index in [4.69, 9.17) is 0 Å². The van der Waals surface area contributed by atoms with Crippen LogP contribution in [0.5, 0.6) is 0 Å². The number of amides is 1. The molecule has 1 amide bonds. The first-order chi connectivity index (χ1) is 16.2. The van der Waals surface area contributed by atoms with Gasteiger partial charge in [-0.05, 0) is 37.5 Å². The van der Waals surface area contributed by atoms with Crippen LogP contribution >= 0.6 is 12.4 Å². The molecule has 0 bridgehead atoms. The maximum Gasteiger partial charge on any atom is 0.416 e. The molecule has 0 radical (unpaired) electrons. The Balaban J connectivity index is 0.00000456. The monoisotopic (exact) mass is 565 g/mol. The van der Waals surface area contributed by atoms with E-state index in [9.17, 15) is 39.6 Å². The van der Waals surface area contributed by atoms with Crippen LogP contribution in [0.1, 0.15) is 54.9 Å². The van der Waals surface area contributed by atoms with Crippen molar-refractivity contribution in [2.45, 2.75) is 56.7 Å². The van der Waals surface area contributed by atoms with E-state index >= 15 is 0 Å². The number of nitrogens with zero attached hydrogens (tertiary/aromatic N) is 2. The van der Waals surface area contributed by atoms with Gasteiger partial charge in [0.25, 0.3) is 5.91 Å². The van der Waals surface area contributed by atoms with Gasteiger partial charge in [0.2, 0.25) is 15.9 Å². The van der Waals surface area contributed by atoms with Crippen LogP contribution in [0, 0.1) is 5.82 Å². The van der Waals surface area contributed by atoms with E-state index in [2.05, 4.69) is 5.32 Å². The van der Waals surface area contributed by atoms with Gasteiger partial charge in [-0.15, -0.1) is 12.4 Å². The van der Waals surface area contributed by atoms with Gasteiger partial charge in [-0.2, -0.15) is 17.5 Å². The number of rotatable bonds is 7. The molecule has 1 aliphatic carbocycles. The van der Waals surface area contributed by atoms with Crippen molar-refractivity contribution in [2.24, 2.45) is 0 Å². The summed E-state index contributed by atoms with van der Waals surface area (Å²) in [5, 5.41) is 2.52. The summed E-state index contributed by atoms with van der Waals surface area (Å²) in [5.74, 6) is -5.13.